The van der Waals surface area contributed by atoms with Crippen molar-refractivity contribution in [3.05, 3.63) is 0 Å². The first-order valence-corrected chi connectivity index (χ1v) is 6.16. The second-order valence-electron chi connectivity index (χ2n) is 2.49. The van der Waals surface area contributed by atoms with Gasteiger partial charge < -0.3 is 18.5 Å². The molecule has 0 radical (unpaired) electrons. The average molecular weight is 240 g/mol. The number of ether oxygens (including phenoxy) is 2. The molecular formula is C8H17O6P. The molecule has 6 nitrogen and oxygen atoms in total. The van der Waals surface area contributed by atoms with Crippen LogP contribution >= 0.6 is 7.60 Å². The molecule has 0 fully saturated rings. The lowest BCUT2D eigenvalue weighted by Gasteiger charge is -2.22. The van der Waals surface area contributed by atoms with Crippen molar-refractivity contribution < 1.29 is 27.9 Å². The van der Waals surface area contributed by atoms with Crippen molar-refractivity contribution in [2.75, 3.05) is 27.4 Å². The van der Waals surface area contributed by atoms with Crippen molar-refractivity contribution in [1.82, 2.24) is 0 Å². The molecule has 0 aromatic heterocycles. The zero-order valence-electron chi connectivity index (χ0n) is 9.39. The molecule has 0 N–H and O–H groups in total. The van der Waals surface area contributed by atoms with E-state index in [9.17, 15) is 9.36 Å². The molecule has 0 heterocycles. The minimum absolute atomic E-state index is 0.161. The number of rotatable bonds is 7. The molecular weight excluding hydrogens is 223 g/mol. The molecule has 0 aliphatic carbocycles. The average Bonchev–Trinajstić information content (AvgIpc) is 2.19. The molecule has 0 amide bonds. The monoisotopic (exact) mass is 240 g/mol. The Morgan fingerprint density at radius 1 is 1.20 bits per heavy atom. The maximum atomic E-state index is 12.1. The van der Waals surface area contributed by atoms with Gasteiger partial charge in [-0.3, -0.25) is 4.57 Å². The molecule has 0 bridgehead atoms. The van der Waals surface area contributed by atoms with E-state index in [-0.39, 0.29) is 13.2 Å². The van der Waals surface area contributed by atoms with Crippen LogP contribution in [-0.2, 0) is 27.9 Å². The van der Waals surface area contributed by atoms with Gasteiger partial charge in [-0.1, -0.05) is 0 Å². The Morgan fingerprint density at radius 2 is 1.67 bits per heavy atom. The fraction of sp³-hybridized carbons (Fsp3) is 0.875. The summed E-state index contributed by atoms with van der Waals surface area (Å²) in [6.07, 6.45) is 0. The van der Waals surface area contributed by atoms with Crippen LogP contribution in [0, 0.1) is 0 Å². The molecule has 15 heavy (non-hydrogen) atoms. The third-order valence-corrected chi connectivity index (χ3v) is 3.76. The highest BCUT2D eigenvalue weighted by Gasteiger charge is 2.42. The van der Waals surface area contributed by atoms with Crippen LogP contribution in [0.5, 0.6) is 0 Å². The second kappa shape index (κ2) is 6.95. The highest BCUT2D eigenvalue weighted by atomic mass is 31.2. The predicted molar refractivity (Wildman–Crippen MR) is 53.7 cm³/mol. The maximum absolute atomic E-state index is 12.1. The molecule has 1 unspecified atom stereocenters. The van der Waals surface area contributed by atoms with Crippen molar-refractivity contribution in [3.63, 3.8) is 0 Å². The summed E-state index contributed by atoms with van der Waals surface area (Å²) in [6, 6.07) is 0. The fourth-order valence-electron chi connectivity index (χ4n) is 0.988. The van der Waals surface area contributed by atoms with Crippen molar-refractivity contribution in [3.8, 4) is 0 Å². The van der Waals surface area contributed by atoms with Gasteiger partial charge in [0.15, 0.2) is 0 Å². The first-order valence-electron chi connectivity index (χ1n) is 4.55. The summed E-state index contributed by atoms with van der Waals surface area (Å²) in [7, 11) is -1.18. The van der Waals surface area contributed by atoms with E-state index in [1.54, 1.807) is 13.8 Å². The largest absolute Gasteiger partial charge is 0.467 e. The molecule has 90 valence electrons. The summed E-state index contributed by atoms with van der Waals surface area (Å²) in [5, 5.41) is 0. The number of carbonyl (C=O) groups is 1. The van der Waals surface area contributed by atoms with Gasteiger partial charge in [-0.15, -0.1) is 0 Å². The standard InChI is InChI=1S/C8H17O6P/c1-5-13-15(10,14-6-2)8(12-4)7(9)11-3/h8H,5-6H2,1-4H3. The Kier molecular flexibility index (Phi) is 6.76. The summed E-state index contributed by atoms with van der Waals surface area (Å²) < 4.78 is 31.2. The Balaban J connectivity index is 4.84. The van der Waals surface area contributed by atoms with Gasteiger partial charge in [0.25, 0.3) is 5.85 Å². The van der Waals surface area contributed by atoms with E-state index >= 15 is 0 Å². The predicted octanol–water partition coefficient (Wildman–Crippen LogP) is 1.40. The maximum Gasteiger partial charge on any atom is 0.370 e. The van der Waals surface area contributed by atoms with E-state index in [1.807, 2.05) is 0 Å². The smallest absolute Gasteiger partial charge is 0.370 e. The first-order chi connectivity index (χ1) is 7.05. The van der Waals surface area contributed by atoms with Gasteiger partial charge in [0.05, 0.1) is 20.3 Å². The number of hydrogen-bond acceptors (Lipinski definition) is 6. The van der Waals surface area contributed by atoms with Gasteiger partial charge in [0.1, 0.15) is 0 Å². The van der Waals surface area contributed by atoms with Crippen molar-refractivity contribution in [2.24, 2.45) is 0 Å². The topological polar surface area (TPSA) is 71.1 Å². The molecule has 0 aromatic rings. The molecule has 7 heteroatoms. The highest BCUT2D eigenvalue weighted by Crippen LogP contribution is 2.53. The highest BCUT2D eigenvalue weighted by molar-refractivity contribution is 7.55. The summed E-state index contributed by atoms with van der Waals surface area (Å²) in [5.41, 5.74) is 0. The molecule has 0 spiro atoms. The van der Waals surface area contributed by atoms with Gasteiger partial charge in [-0.05, 0) is 13.8 Å². The van der Waals surface area contributed by atoms with Gasteiger partial charge >= 0.3 is 13.6 Å². The minimum atomic E-state index is -3.60. The Morgan fingerprint density at radius 3 is 1.93 bits per heavy atom. The quantitative estimate of drug-likeness (QED) is 0.494. The molecule has 0 aromatic carbocycles. The lowest BCUT2D eigenvalue weighted by molar-refractivity contribution is -0.148. The summed E-state index contributed by atoms with van der Waals surface area (Å²) in [5.74, 6) is -2.11. The van der Waals surface area contributed by atoms with Gasteiger partial charge in [-0.2, -0.15) is 0 Å². The van der Waals surface area contributed by atoms with E-state index in [0.29, 0.717) is 0 Å². The summed E-state index contributed by atoms with van der Waals surface area (Å²) in [6.45, 7) is 3.62. The molecule has 0 saturated carbocycles. The lowest BCUT2D eigenvalue weighted by atomic mass is 10.7. The fourth-order valence-corrected chi connectivity index (χ4v) is 2.67. The van der Waals surface area contributed by atoms with Gasteiger partial charge in [0, 0.05) is 7.11 Å². The third kappa shape index (κ3) is 3.91. The lowest BCUT2D eigenvalue weighted by Crippen LogP contribution is -2.26. The number of hydrogen-bond donors (Lipinski definition) is 0. The molecule has 0 aliphatic heterocycles. The number of esters is 1. The van der Waals surface area contributed by atoms with E-state index in [4.69, 9.17) is 13.8 Å². The van der Waals surface area contributed by atoms with E-state index in [0.717, 1.165) is 0 Å². The van der Waals surface area contributed by atoms with Crippen molar-refractivity contribution in [2.45, 2.75) is 19.7 Å². The Labute approximate surface area is 89.4 Å². The first kappa shape index (κ1) is 14.6. The number of carbonyl (C=O) groups excluding carboxylic acids is 1. The zero-order chi connectivity index (χ0) is 11.9. The van der Waals surface area contributed by atoms with Crippen LogP contribution in [0.3, 0.4) is 0 Å². The summed E-state index contributed by atoms with van der Waals surface area (Å²) >= 11 is 0. The molecule has 0 saturated heterocycles. The number of methoxy groups -OCH3 is 2. The Bertz CT molecular complexity index is 231. The van der Waals surface area contributed by atoms with Crippen LogP contribution in [0.25, 0.3) is 0 Å². The van der Waals surface area contributed by atoms with E-state index < -0.39 is 19.4 Å². The zero-order valence-corrected chi connectivity index (χ0v) is 10.3. The Hall–Kier alpha value is -0.420. The second-order valence-corrected chi connectivity index (χ2v) is 4.55. The molecule has 0 aliphatic rings. The normalized spacial score (nSPS) is 13.6. The van der Waals surface area contributed by atoms with Gasteiger partial charge in [-0.25, -0.2) is 4.79 Å². The molecule has 1 atom stereocenters. The SMILES string of the molecule is CCOP(=O)(OCC)C(OC)C(=O)OC. The van der Waals surface area contributed by atoms with Crippen LogP contribution in [0.4, 0.5) is 0 Å². The van der Waals surface area contributed by atoms with Crippen molar-refractivity contribution in [1.29, 1.82) is 0 Å². The van der Waals surface area contributed by atoms with E-state index in [2.05, 4.69) is 4.74 Å². The van der Waals surface area contributed by atoms with Crippen LogP contribution in [0.15, 0.2) is 0 Å². The van der Waals surface area contributed by atoms with E-state index in [1.165, 1.54) is 14.2 Å². The molecule has 0 rings (SSSR count). The van der Waals surface area contributed by atoms with Crippen LogP contribution in [-0.4, -0.2) is 39.2 Å². The minimum Gasteiger partial charge on any atom is -0.467 e. The van der Waals surface area contributed by atoms with Crippen LogP contribution in [0.2, 0.25) is 0 Å². The van der Waals surface area contributed by atoms with Crippen LogP contribution < -0.4 is 0 Å². The van der Waals surface area contributed by atoms with Gasteiger partial charge in [0.2, 0.25) is 0 Å². The van der Waals surface area contributed by atoms with Crippen LogP contribution in [0.1, 0.15) is 13.8 Å². The van der Waals surface area contributed by atoms with Crippen molar-refractivity contribution >= 4 is 13.6 Å². The third-order valence-electron chi connectivity index (χ3n) is 1.53. The summed E-state index contributed by atoms with van der Waals surface area (Å²) in [4.78, 5) is 11.3.